The first-order chi connectivity index (χ1) is 12.1. The molecule has 25 heavy (non-hydrogen) atoms. The summed E-state index contributed by atoms with van der Waals surface area (Å²) in [4.78, 5) is 24.2. The Morgan fingerprint density at radius 1 is 1.00 bits per heavy atom. The quantitative estimate of drug-likeness (QED) is 0.642. The molecular formula is C20H20O5. The van der Waals surface area contributed by atoms with Gasteiger partial charge >= 0.3 is 11.9 Å². The van der Waals surface area contributed by atoms with Crippen molar-refractivity contribution in [3.05, 3.63) is 58.7 Å². The summed E-state index contributed by atoms with van der Waals surface area (Å²) in [5.41, 5.74) is 1.88. The zero-order chi connectivity index (χ0) is 17.8. The highest BCUT2D eigenvalue weighted by molar-refractivity contribution is 6.12. The Morgan fingerprint density at radius 2 is 1.72 bits per heavy atom. The average molecular weight is 340 g/mol. The van der Waals surface area contributed by atoms with Gasteiger partial charge in [0, 0.05) is 0 Å². The van der Waals surface area contributed by atoms with Gasteiger partial charge in [-0.3, -0.25) is 0 Å². The number of carbonyl (C=O) groups excluding carboxylic acids is 1. The summed E-state index contributed by atoms with van der Waals surface area (Å²) in [7, 11) is 0. The zero-order valence-electron chi connectivity index (χ0n) is 13.8. The third-order valence-corrected chi connectivity index (χ3v) is 4.64. The van der Waals surface area contributed by atoms with E-state index in [9.17, 15) is 19.8 Å². The second-order valence-corrected chi connectivity index (χ2v) is 6.16. The standard InChI is InChI=1S/C20H20O5/c21-11-14-6-1-2-7-15(14)12-25-20(24)18-16-8-4-3-5-13(16)9-10-17(18)19(22)23/h3-5,8-10,21H,1-2,6-7,11-12H2,(H,22,23). The number of rotatable bonds is 5. The Hall–Kier alpha value is -2.66. The van der Waals surface area contributed by atoms with Crippen LogP contribution < -0.4 is 0 Å². The van der Waals surface area contributed by atoms with Gasteiger partial charge in [0.2, 0.25) is 0 Å². The summed E-state index contributed by atoms with van der Waals surface area (Å²) < 4.78 is 5.43. The molecule has 2 N–H and O–H groups in total. The van der Waals surface area contributed by atoms with Crippen molar-refractivity contribution in [2.24, 2.45) is 0 Å². The van der Waals surface area contributed by atoms with Gasteiger partial charge in [0.25, 0.3) is 0 Å². The molecule has 0 heterocycles. The molecule has 0 atom stereocenters. The number of hydrogen-bond acceptors (Lipinski definition) is 4. The van der Waals surface area contributed by atoms with E-state index >= 15 is 0 Å². The molecule has 1 aliphatic carbocycles. The van der Waals surface area contributed by atoms with Gasteiger partial charge in [-0.1, -0.05) is 30.3 Å². The lowest BCUT2D eigenvalue weighted by Gasteiger charge is -2.19. The molecule has 2 aromatic rings. The van der Waals surface area contributed by atoms with Crippen molar-refractivity contribution in [2.45, 2.75) is 25.7 Å². The van der Waals surface area contributed by atoms with Crippen molar-refractivity contribution in [2.75, 3.05) is 13.2 Å². The van der Waals surface area contributed by atoms with E-state index < -0.39 is 11.9 Å². The van der Waals surface area contributed by atoms with Crippen LogP contribution in [0.2, 0.25) is 0 Å². The molecule has 0 amide bonds. The highest BCUT2D eigenvalue weighted by atomic mass is 16.5. The molecule has 5 nitrogen and oxygen atoms in total. The molecule has 130 valence electrons. The van der Waals surface area contributed by atoms with Crippen LogP contribution in [-0.4, -0.2) is 35.4 Å². The van der Waals surface area contributed by atoms with Crippen LogP contribution in [0.15, 0.2) is 47.5 Å². The summed E-state index contributed by atoms with van der Waals surface area (Å²) in [6.07, 6.45) is 3.65. The molecule has 1 aliphatic rings. The summed E-state index contributed by atoms with van der Waals surface area (Å²) in [6.45, 7) is 0.0680. The van der Waals surface area contributed by atoms with E-state index in [1.165, 1.54) is 6.07 Å². The van der Waals surface area contributed by atoms with Crippen molar-refractivity contribution < 1.29 is 24.5 Å². The van der Waals surface area contributed by atoms with Gasteiger partial charge in [-0.2, -0.15) is 0 Å². The number of aliphatic hydroxyl groups excluding tert-OH is 1. The molecule has 0 radical (unpaired) electrons. The summed E-state index contributed by atoms with van der Waals surface area (Å²) in [6, 6.07) is 10.3. The van der Waals surface area contributed by atoms with Gasteiger partial charge in [-0.05, 0) is 53.7 Å². The van der Waals surface area contributed by atoms with Gasteiger partial charge in [0.05, 0.1) is 17.7 Å². The van der Waals surface area contributed by atoms with E-state index in [4.69, 9.17) is 4.74 Å². The third kappa shape index (κ3) is 3.56. The molecule has 0 aromatic heterocycles. The predicted octanol–water partition coefficient (Wildman–Crippen LogP) is 3.56. The number of aliphatic hydroxyl groups is 1. The number of carbonyl (C=O) groups is 2. The fourth-order valence-electron chi connectivity index (χ4n) is 3.29. The summed E-state index contributed by atoms with van der Waals surface area (Å²) in [5.74, 6) is -1.81. The van der Waals surface area contributed by atoms with Crippen LogP contribution in [0.4, 0.5) is 0 Å². The van der Waals surface area contributed by atoms with E-state index in [1.807, 2.05) is 12.1 Å². The Morgan fingerprint density at radius 3 is 2.44 bits per heavy atom. The molecule has 5 heteroatoms. The molecule has 0 saturated heterocycles. The minimum absolute atomic E-state index is 0.0263. The van der Waals surface area contributed by atoms with E-state index in [2.05, 4.69) is 0 Å². The Balaban J connectivity index is 1.92. The van der Waals surface area contributed by atoms with E-state index in [1.54, 1.807) is 18.2 Å². The second kappa shape index (κ2) is 7.49. The van der Waals surface area contributed by atoms with Gasteiger partial charge in [0.1, 0.15) is 6.61 Å². The first kappa shape index (κ1) is 17.2. The number of benzene rings is 2. The zero-order valence-corrected chi connectivity index (χ0v) is 13.8. The number of carboxylic acid groups (broad SMARTS) is 1. The van der Waals surface area contributed by atoms with Crippen LogP contribution in [0, 0.1) is 0 Å². The van der Waals surface area contributed by atoms with Crippen LogP contribution in [0.5, 0.6) is 0 Å². The van der Waals surface area contributed by atoms with Gasteiger partial charge in [0.15, 0.2) is 0 Å². The van der Waals surface area contributed by atoms with Crippen molar-refractivity contribution in [1.29, 1.82) is 0 Å². The number of fused-ring (bicyclic) bond motifs is 1. The van der Waals surface area contributed by atoms with Gasteiger partial charge in [-0.25, -0.2) is 9.59 Å². The molecule has 0 spiro atoms. The fourth-order valence-corrected chi connectivity index (χ4v) is 3.29. The van der Waals surface area contributed by atoms with Crippen LogP contribution in [0.1, 0.15) is 46.4 Å². The lowest BCUT2D eigenvalue weighted by atomic mass is 9.92. The van der Waals surface area contributed by atoms with Crippen molar-refractivity contribution in [3.8, 4) is 0 Å². The van der Waals surface area contributed by atoms with Crippen molar-refractivity contribution in [3.63, 3.8) is 0 Å². The van der Waals surface area contributed by atoms with E-state index in [-0.39, 0.29) is 24.3 Å². The van der Waals surface area contributed by atoms with Crippen molar-refractivity contribution >= 4 is 22.7 Å². The maximum Gasteiger partial charge on any atom is 0.339 e. The molecule has 0 saturated carbocycles. The Labute approximate surface area is 145 Å². The van der Waals surface area contributed by atoms with Crippen LogP contribution >= 0.6 is 0 Å². The van der Waals surface area contributed by atoms with Gasteiger partial charge < -0.3 is 14.9 Å². The largest absolute Gasteiger partial charge is 0.478 e. The predicted molar refractivity (Wildman–Crippen MR) is 93.8 cm³/mol. The van der Waals surface area contributed by atoms with Crippen LogP contribution in [0.25, 0.3) is 10.8 Å². The van der Waals surface area contributed by atoms with E-state index in [0.717, 1.165) is 42.2 Å². The monoisotopic (exact) mass is 340 g/mol. The lowest BCUT2D eigenvalue weighted by molar-refractivity contribution is 0.0524. The highest BCUT2D eigenvalue weighted by Gasteiger charge is 2.22. The lowest BCUT2D eigenvalue weighted by Crippen LogP contribution is -2.16. The Bertz CT molecular complexity index is 850. The molecule has 3 rings (SSSR count). The molecular weight excluding hydrogens is 320 g/mol. The average Bonchev–Trinajstić information content (AvgIpc) is 2.65. The first-order valence-corrected chi connectivity index (χ1v) is 8.34. The minimum Gasteiger partial charge on any atom is -0.478 e. The second-order valence-electron chi connectivity index (χ2n) is 6.16. The molecule has 0 aliphatic heterocycles. The molecule has 0 bridgehead atoms. The smallest absolute Gasteiger partial charge is 0.339 e. The maximum atomic E-state index is 12.7. The highest BCUT2D eigenvalue weighted by Crippen LogP contribution is 2.27. The number of esters is 1. The molecule has 0 unspecified atom stereocenters. The minimum atomic E-state index is -1.16. The van der Waals surface area contributed by atoms with Crippen LogP contribution in [0.3, 0.4) is 0 Å². The SMILES string of the molecule is O=C(O)c1ccc2ccccc2c1C(=O)OCC1=C(CO)CCCC1. The number of ether oxygens (including phenoxy) is 1. The maximum absolute atomic E-state index is 12.7. The van der Waals surface area contributed by atoms with Crippen molar-refractivity contribution in [1.82, 2.24) is 0 Å². The third-order valence-electron chi connectivity index (χ3n) is 4.64. The van der Waals surface area contributed by atoms with Crippen LogP contribution in [-0.2, 0) is 4.74 Å². The topological polar surface area (TPSA) is 83.8 Å². The molecule has 0 fully saturated rings. The van der Waals surface area contributed by atoms with E-state index in [0.29, 0.717) is 5.39 Å². The summed E-state index contributed by atoms with van der Waals surface area (Å²) in [5, 5.41) is 20.2. The fraction of sp³-hybridized carbons (Fsp3) is 0.300. The number of hydrogen-bond donors (Lipinski definition) is 2. The first-order valence-electron chi connectivity index (χ1n) is 8.34. The normalized spacial score (nSPS) is 14.6. The van der Waals surface area contributed by atoms with Gasteiger partial charge in [-0.15, -0.1) is 0 Å². The number of aromatic carboxylic acids is 1. The number of carboxylic acids is 1. The molecule has 2 aromatic carbocycles. The summed E-state index contributed by atoms with van der Waals surface area (Å²) >= 11 is 0. The Kier molecular flexibility index (Phi) is 5.14.